The van der Waals surface area contributed by atoms with Crippen molar-refractivity contribution in [1.29, 1.82) is 0 Å². The van der Waals surface area contributed by atoms with E-state index in [1.165, 1.54) is 11.8 Å². The fraction of sp³-hybridized carbons (Fsp3) is 0.348. The molecule has 3 aromatic rings. The van der Waals surface area contributed by atoms with Gasteiger partial charge in [-0.25, -0.2) is 4.98 Å². The third kappa shape index (κ3) is 4.74. The second-order valence-electron chi connectivity index (χ2n) is 7.37. The average Bonchev–Trinajstić information content (AvgIpc) is 2.73. The van der Waals surface area contributed by atoms with Crippen molar-refractivity contribution in [2.24, 2.45) is 0 Å². The number of hydrogen-bond acceptors (Lipinski definition) is 5. The molecule has 0 saturated heterocycles. The van der Waals surface area contributed by atoms with Crippen LogP contribution in [0.1, 0.15) is 26.8 Å². The standard InChI is InChI=1S/C23H27N3O3S/c1-16(2)25(18-10-6-5-7-11-18)21(27)15-30-23-24-20-13-9-8-12-19(20)22(28)26(23)17(3)14-29-4/h5-13,16-17H,14-15H2,1-4H3/t17-/m1/s1. The van der Waals surface area contributed by atoms with Gasteiger partial charge in [-0.05, 0) is 45.0 Å². The largest absolute Gasteiger partial charge is 0.383 e. The van der Waals surface area contributed by atoms with E-state index in [9.17, 15) is 9.59 Å². The minimum atomic E-state index is -0.201. The van der Waals surface area contributed by atoms with Gasteiger partial charge >= 0.3 is 0 Å². The normalized spacial score (nSPS) is 12.3. The van der Waals surface area contributed by atoms with Crippen LogP contribution in [0.15, 0.2) is 64.5 Å². The molecular weight excluding hydrogens is 398 g/mol. The number of aromatic nitrogens is 2. The van der Waals surface area contributed by atoms with Gasteiger partial charge in [0.1, 0.15) is 0 Å². The Hall–Kier alpha value is -2.64. The van der Waals surface area contributed by atoms with Gasteiger partial charge in [0.25, 0.3) is 5.56 Å². The molecule has 1 aromatic heterocycles. The molecule has 0 aliphatic heterocycles. The highest BCUT2D eigenvalue weighted by Crippen LogP contribution is 2.24. The summed E-state index contributed by atoms with van der Waals surface area (Å²) in [6, 6.07) is 16.7. The van der Waals surface area contributed by atoms with Crippen molar-refractivity contribution in [1.82, 2.24) is 9.55 Å². The molecule has 1 atom stereocenters. The van der Waals surface area contributed by atoms with Gasteiger partial charge in [-0.2, -0.15) is 0 Å². The van der Waals surface area contributed by atoms with Crippen LogP contribution < -0.4 is 10.5 Å². The summed E-state index contributed by atoms with van der Waals surface area (Å²) in [5.41, 5.74) is 1.36. The first-order chi connectivity index (χ1) is 14.4. The van der Waals surface area contributed by atoms with Crippen LogP contribution in [0.2, 0.25) is 0 Å². The number of para-hydroxylation sites is 2. The van der Waals surface area contributed by atoms with Crippen molar-refractivity contribution in [2.75, 3.05) is 24.4 Å². The third-order valence-electron chi connectivity index (χ3n) is 4.77. The van der Waals surface area contributed by atoms with Gasteiger partial charge < -0.3 is 9.64 Å². The molecule has 30 heavy (non-hydrogen) atoms. The summed E-state index contributed by atoms with van der Waals surface area (Å²) < 4.78 is 6.89. The Morgan fingerprint density at radius 1 is 1.10 bits per heavy atom. The van der Waals surface area contributed by atoms with E-state index in [1.807, 2.05) is 69.3 Å². The summed E-state index contributed by atoms with van der Waals surface area (Å²) >= 11 is 1.28. The van der Waals surface area contributed by atoms with Crippen molar-refractivity contribution in [3.8, 4) is 0 Å². The van der Waals surface area contributed by atoms with E-state index in [-0.39, 0.29) is 29.3 Å². The third-order valence-corrected chi connectivity index (χ3v) is 5.71. The Balaban J connectivity index is 1.93. The Morgan fingerprint density at radius 3 is 2.43 bits per heavy atom. The lowest BCUT2D eigenvalue weighted by molar-refractivity contribution is -0.116. The van der Waals surface area contributed by atoms with Crippen molar-refractivity contribution in [3.63, 3.8) is 0 Å². The molecule has 1 heterocycles. The van der Waals surface area contributed by atoms with Gasteiger partial charge in [0.05, 0.1) is 29.3 Å². The highest BCUT2D eigenvalue weighted by Gasteiger charge is 2.22. The van der Waals surface area contributed by atoms with Gasteiger partial charge in [-0.1, -0.05) is 42.1 Å². The predicted octanol–water partition coefficient (Wildman–Crippen LogP) is 4.14. The van der Waals surface area contributed by atoms with E-state index in [2.05, 4.69) is 4.98 Å². The van der Waals surface area contributed by atoms with E-state index >= 15 is 0 Å². The number of methoxy groups -OCH3 is 1. The minimum Gasteiger partial charge on any atom is -0.383 e. The molecule has 0 aliphatic carbocycles. The van der Waals surface area contributed by atoms with Gasteiger partial charge in [-0.15, -0.1) is 0 Å². The van der Waals surface area contributed by atoms with Crippen LogP contribution >= 0.6 is 11.8 Å². The second kappa shape index (κ2) is 9.91. The van der Waals surface area contributed by atoms with E-state index in [4.69, 9.17) is 4.74 Å². The molecule has 0 unspecified atom stereocenters. The zero-order valence-corrected chi connectivity index (χ0v) is 18.6. The topological polar surface area (TPSA) is 64.4 Å². The van der Waals surface area contributed by atoms with Crippen LogP contribution in [0.3, 0.4) is 0 Å². The second-order valence-corrected chi connectivity index (χ2v) is 8.32. The summed E-state index contributed by atoms with van der Waals surface area (Å²) in [7, 11) is 1.60. The summed E-state index contributed by atoms with van der Waals surface area (Å²) in [5, 5.41) is 1.08. The van der Waals surface area contributed by atoms with Crippen LogP contribution in [-0.2, 0) is 9.53 Å². The minimum absolute atomic E-state index is 0.0136. The molecule has 1 amide bonds. The predicted molar refractivity (Wildman–Crippen MR) is 122 cm³/mol. The molecule has 0 saturated carbocycles. The van der Waals surface area contributed by atoms with Gasteiger partial charge in [0, 0.05) is 18.8 Å². The molecule has 3 rings (SSSR count). The molecule has 7 heteroatoms. The number of ether oxygens (including phenoxy) is 1. The van der Waals surface area contributed by atoms with Crippen molar-refractivity contribution in [2.45, 2.75) is 38.0 Å². The van der Waals surface area contributed by atoms with Crippen molar-refractivity contribution >= 4 is 34.3 Å². The quantitative estimate of drug-likeness (QED) is 0.401. The SMILES string of the molecule is COC[C@@H](C)n1c(SCC(=O)N(c2ccccc2)C(C)C)nc2ccccc2c1=O. The summed E-state index contributed by atoms with van der Waals surface area (Å²) in [6.45, 7) is 6.27. The zero-order valence-electron chi connectivity index (χ0n) is 17.7. The Labute approximate surface area is 180 Å². The summed E-state index contributed by atoms with van der Waals surface area (Å²) in [5.74, 6) is 0.145. The molecule has 0 bridgehead atoms. The van der Waals surface area contributed by atoms with E-state index in [1.54, 1.807) is 22.6 Å². The first-order valence-electron chi connectivity index (χ1n) is 9.94. The molecular formula is C23H27N3O3S. The molecule has 0 N–H and O–H groups in total. The van der Waals surface area contributed by atoms with E-state index in [0.717, 1.165) is 5.69 Å². The van der Waals surface area contributed by atoms with Crippen molar-refractivity contribution in [3.05, 3.63) is 65.0 Å². The van der Waals surface area contributed by atoms with Gasteiger partial charge in [0.15, 0.2) is 5.16 Å². The molecule has 6 nitrogen and oxygen atoms in total. The first-order valence-corrected chi connectivity index (χ1v) is 10.9. The lowest BCUT2D eigenvalue weighted by Gasteiger charge is -2.27. The smallest absolute Gasteiger partial charge is 0.262 e. The maximum atomic E-state index is 13.1. The molecule has 2 aromatic carbocycles. The lowest BCUT2D eigenvalue weighted by Crippen LogP contribution is -2.38. The molecule has 0 fully saturated rings. The number of nitrogens with zero attached hydrogens (tertiary/aromatic N) is 3. The molecule has 0 spiro atoms. The number of amides is 1. The fourth-order valence-corrected chi connectivity index (χ4v) is 4.40. The number of anilines is 1. The first kappa shape index (κ1) is 22.1. The van der Waals surface area contributed by atoms with Gasteiger partial charge in [0.2, 0.25) is 5.91 Å². The molecule has 0 aliphatic rings. The van der Waals surface area contributed by atoms with E-state index in [0.29, 0.717) is 22.7 Å². The maximum Gasteiger partial charge on any atom is 0.262 e. The number of carbonyl (C=O) groups is 1. The Morgan fingerprint density at radius 2 is 1.77 bits per heavy atom. The number of rotatable bonds is 8. The zero-order chi connectivity index (χ0) is 21.7. The van der Waals surface area contributed by atoms with E-state index < -0.39 is 0 Å². The number of fused-ring (bicyclic) bond motifs is 1. The van der Waals surface area contributed by atoms with Gasteiger partial charge in [-0.3, -0.25) is 14.2 Å². The maximum absolute atomic E-state index is 13.1. The van der Waals surface area contributed by atoms with Crippen LogP contribution in [0.5, 0.6) is 0 Å². The Kier molecular flexibility index (Phi) is 7.29. The highest BCUT2D eigenvalue weighted by atomic mass is 32.2. The number of thioether (sulfide) groups is 1. The average molecular weight is 426 g/mol. The lowest BCUT2D eigenvalue weighted by atomic mass is 10.2. The highest BCUT2D eigenvalue weighted by molar-refractivity contribution is 7.99. The number of carbonyl (C=O) groups excluding carboxylic acids is 1. The Bertz CT molecular complexity index is 1070. The monoisotopic (exact) mass is 425 g/mol. The fourth-order valence-electron chi connectivity index (χ4n) is 3.45. The van der Waals surface area contributed by atoms with Crippen molar-refractivity contribution < 1.29 is 9.53 Å². The van der Waals surface area contributed by atoms with Crippen LogP contribution in [-0.4, -0.2) is 41.0 Å². The number of benzene rings is 2. The van der Waals surface area contributed by atoms with Crippen LogP contribution in [0.4, 0.5) is 5.69 Å². The summed E-state index contributed by atoms with van der Waals surface area (Å²) in [6.07, 6.45) is 0. The number of hydrogen-bond donors (Lipinski definition) is 0. The molecule has 0 radical (unpaired) electrons. The van der Waals surface area contributed by atoms with Crippen LogP contribution in [0, 0.1) is 0 Å². The molecule has 158 valence electrons. The van der Waals surface area contributed by atoms with Crippen LogP contribution in [0.25, 0.3) is 10.9 Å². The summed E-state index contributed by atoms with van der Waals surface area (Å²) in [4.78, 5) is 32.7.